The molecule has 0 N–H and O–H groups in total. The third-order valence-corrected chi connectivity index (χ3v) is 0.980. The second kappa shape index (κ2) is 5.58. The summed E-state index contributed by atoms with van der Waals surface area (Å²) in [6, 6.07) is 0. The molecule has 0 fully saturated rings. The van der Waals surface area contributed by atoms with E-state index in [1.54, 1.807) is 0 Å². The van der Waals surface area contributed by atoms with Crippen LogP contribution in [0.1, 0.15) is 26.7 Å². The van der Waals surface area contributed by atoms with Gasteiger partial charge < -0.3 is 10.1 Å². The number of rotatable bonds is 4. The van der Waals surface area contributed by atoms with Gasteiger partial charge in [-0.1, -0.05) is 18.8 Å². The number of hydrogen-bond donors (Lipinski definition) is 0. The molecule has 0 aliphatic rings. The highest BCUT2D eigenvalue weighted by Gasteiger charge is 2.03. The van der Waals surface area contributed by atoms with Crippen LogP contribution in [0.4, 0.5) is 0 Å². The first-order valence-electron chi connectivity index (χ1n) is 3.59. The number of aliphatic imine (C=N–C) groups is 1. The summed E-state index contributed by atoms with van der Waals surface area (Å²) in [7, 11) is 0. The molecule has 0 aromatic heterocycles. The van der Waals surface area contributed by atoms with Gasteiger partial charge in [-0.25, -0.2) is 0 Å². The third-order valence-electron chi connectivity index (χ3n) is 0.980. The zero-order chi connectivity index (χ0) is 8.69. The molecule has 0 heterocycles. The van der Waals surface area contributed by atoms with Gasteiger partial charge >= 0.3 is 5.82 Å². The quantitative estimate of drug-likeness (QED) is 0.355. The molecule has 0 rings (SSSR count). The Morgan fingerprint density at radius 3 is 2.55 bits per heavy atom. The second-order valence-corrected chi connectivity index (χ2v) is 1.95. The van der Waals surface area contributed by atoms with Gasteiger partial charge in [0, 0.05) is 12.5 Å². The molecule has 11 heavy (non-hydrogen) atoms. The van der Waals surface area contributed by atoms with E-state index < -0.39 is 4.92 Å². The maximum Gasteiger partial charge on any atom is 0.358 e. The van der Waals surface area contributed by atoms with Crippen molar-refractivity contribution in [3.8, 4) is 0 Å². The fourth-order valence-corrected chi connectivity index (χ4v) is 0.542. The van der Waals surface area contributed by atoms with Gasteiger partial charge in [0.05, 0.1) is 0 Å². The van der Waals surface area contributed by atoms with Gasteiger partial charge in [-0.15, -0.1) is 0 Å². The molecule has 0 unspecified atom stereocenters. The number of nitrogens with zero attached hydrogens (tertiary/aromatic N) is 2. The Morgan fingerprint density at radius 1 is 1.55 bits per heavy atom. The number of hydrogen-bond acceptors (Lipinski definition) is 3. The third kappa shape index (κ3) is 4.25. The van der Waals surface area contributed by atoms with Gasteiger partial charge in [0.15, 0.2) is 0 Å². The van der Waals surface area contributed by atoms with Crippen molar-refractivity contribution in [1.29, 1.82) is 0 Å². The Balaban J connectivity index is 4.23. The lowest BCUT2D eigenvalue weighted by atomic mass is 10.4. The molecule has 4 heteroatoms. The Kier molecular flexibility index (Phi) is 4.98. The van der Waals surface area contributed by atoms with Crippen LogP contribution in [0.3, 0.4) is 0 Å². The van der Waals surface area contributed by atoms with Crippen molar-refractivity contribution in [3.63, 3.8) is 0 Å². The van der Waals surface area contributed by atoms with Crippen LogP contribution in [0.15, 0.2) is 16.9 Å². The Morgan fingerprint density at radius 2 is 2.18 bits per heavy atom. The van der Waals surface area contributed by atoms with E-state index in [1.165, 1.54) is 12.3 Å². The van der Waals surface area contributed by atoms with E-state index in [2.05, 4.69) is 4.99 Å². The molecule has 0 aromatic rings. The first-order chi connectivity index (χ1) is 5.22. The van der Waals surface area contributed by atoms with Crippen molar-refractivity contribution in [3.05, 3.63) is 22.0 Å². The largest absolute Gasteiger partial charge is 0.358 e. The molecule has 0 saturated heterocycles. The van der Waals surface area contributed by atoms with Crippen LogP contribution in [0.2, 0.25) is 0 Å². The molecule has 4 nitrogen and oxygen atoms in total. The van der Waals surface area contributed by atoms with Crippen LogP contribution in [-0.4, -0.2) is 11.1 Å². The summed E-state index contributed by atoms with van der Waals surface area (Å²) in [4.78, 5) is 13.4. The fraction of sp³-hybridized carbons (Fsp3) is 0.571. The van der Waals surface area contributed by atoms with Crippen molar-refractivity contribution in [1.82, 2.24) is 0 Å². The lowest BCUT2D eigenvalue weighted by Gasteiger charge is -1.89. The fourth-order valence-electron chi connectivity index (χ4n) is 0.542. The van der Waals surface area contributed by atoms with Crippen LogP contribution >= 0.6 is 0 Å². The highest BCUT2D eigenvalue weighted by atomic mass is 16.6. The standard InChI is InChI=1S/C7H12N2O2/c1-3-5-7(9(10)11)8-6-4-2/h5-6H,3-4H2,1-2H3. The summed E-state index contributed by atoms with van der Waals surface area (Å²) >= 11 is 0. The summed E-state index contributed by atoms with van der Waals surface area (Å²) in [5, 5.41) is 10.2. The Hall–Kier alpha value is -1.19. The lowest BCUT2D eigenvalue weighted by Crippen LogP contribution is -1.95. The van der Waals surface area contributed by atoms with E-state index in [4.69, 9.17) is 0 Å². The molecule has 0 radical (unpaired) electrons. The Bertz CT molecular complexity index is 185. The first-order valence-corrected chi connectivity index (χ1v) is 3.59. The van der Waals surface area contributed by atoms with Gasteiger partial charge in [-0.2, -0.15) is 0 Å². The second-order valence-electron chi connectivity index (χ2n) is 1.95. The first kappa shape index (κ1) is 9.81. The molecule has 0 atom stereocenters. The molecular weight excluding hydrogens is 144 g/mol. The normalized spacial score (nSPS) is 12.4. The topological polar surface area (TPSA) is 55.5 Å². The SMILES string of the molecule is CCC=NC(=CCC)[N+](=O)[O-]. The van der Waals surface area contributed by atoms with Gasteiger partial charge in [0.1, 0.15) is 6.21 Å². The minimum absolute atomic E-state index is 0.0608. The van der Waals surface area contributed by atoms with Crippen molar-refractivity contribution in [2.24, 2.45) is 4.99 Å². The maximum atomic E-state index is 10.2. The van der Waals surface area contributed by atoms with Crippen molar-refractivity contribution < 1.29 is 4.92 Å². The van der Waals surface area contributed by atoms with E-state index in [9.17, 15) is 10.1 Å². The minimum Gasteiger partial charge on any atom is -0.358 e. The van der Waals surface area contributed by atoms with Crippen LogP contribution in [0.5, 0.6) is 0 Å². The number of allylic oxidation sites excluding steroid dienone is 1. The molecule has 0 aliphatic carbocycles. The smallest absolute Gasteiger partial charge is 0.358 e. The van der Waals surface area contributed by atoms with Gasteiger partial charge in [0.25, 0.3) is 0 Å². The molecule has 0 spiro atoms. The molecular formula is C7H12N2O2. The van der Waals surface area contributed by atoms with E-state index in [0.29, 0.717) is 6.42 Å². The van der Waals surface area contributed by atoms with E-state index in [0.717, 1.165) is 6.42 Å². The van der Waals surface area contributed by atoms with E-state index in [1.807, 2.05) is 13.8 Å². The van der Waals surface area contributed by atoms with E-state index in [-0.39, 0.29) is 5.82 Å². The highest BCUT2D eigenvalue weighted by molar-refractivity contribution is 5.57. The average Bonchev–Trinajstić information content (AvgIpc) is 1.97. The predicted molar refractivity (Wildman–Crippen MR) is 44.2 cm³/mol. The van der Waals surface area contributed by atoms with Gasteiger partial charge in [-0.3, -0.25) is 0 Å². The van der Waals surface area contributed by atoms with E-state index >= 15 is 0 Å². The lowest BCUT2D eigenvalue weighted by molar-refractivity contribution is -0.426. The van der Waals surface area contributed by atoms with Crippen LogP contribution in [0.25, 0.3) is 0 Å². The molecule has 0 amide bonds. The van der Waals surface area contributed by atoms with Crippen LogP contribution in [0, 0.1) is 10.1 Å². The average molecular weight is 156 g/mol. The maximum absolute atomic E-state index is 10.2. The molecule has 0 bridgehead atoms. The van der Waals surface area contributed by atoms with Crippen LogP contribution < -0.4 is 0 Å². The number of nitro groups is 1. The zero-order valence-corrected chi connectivity index (χ0v) is 6.78. The van der Waals surface area contributed by atoms with Crippen molar-refractivity contribution >= 4 is 6.21 Å². The summed E-state index contributed by atoms with van der Waals surface area (Å²) in [5.74, 6) is -0.0608. The summed E-state index contributed by atoms with van der Waals surface area (Å²) in [6.45, 7) is 3.72. The summed E-state index contributed by atoms with van der Waals surface area (Å²) in [5.41, 5.74) is 0. The molecule has 0 saturated carbocycles. The Labute approximate surface area is 65.8 Å². The van der Waals surface area contributed by atoms with Crippen molar-refractivity contribution in [2.45, 2.75) is 26.7 Å². The van der Waals surface area contributed by atoms with Gasteiger partial charge in [0.2, 0.25) is 0 Å². The summed E-state index contributed by atoms with van der Waals surface area (Å²) < 4.78 is 0. The molecule has 0 aliphatic heterocycles. The predicted octanol–water partition coefficient (Wildman–Crippen LogP) is 2.00. The highest BCUT2D eigenvalue weighted by Crippen LogP contribution is 1.98. The molecule has 62 valence electrons. The molecule has 0 aromatic carbocycles. The van der Waals surface area contributed by atoms with Gasteiger partial charge in [-0.05, 0) is 11.3 Å². The van der Waals surface area contributed by atoms with Crippen molar-refractivity contribution in [2.75, 3.05) is 0 Å². The zero-order valence-electron chi connectivity index (χ0n) is 6.78. The monoisotopic (exact) mass is 156 g/mol. The van der Waals surface area contributed by atoms with Crippen LogP contribution in [-0.2, 0) is 0 Å². The summed E-state index contributed by atoms with van der Waals surface area (Å²) in [6.07, 6.45) is 4.38. The minimum atomic E-state index is -0.477.